The molecule has 0 saturated carbocycles. The molecule has 0 saturated heterocycles. The van der Waals surface area contributed by atoms with E-state index in [1.807, 2.05) is 6.07 Å². The molecule has 2 nitrogen and oxygen atoms in total. The van der Waals surface area contributed by atoms with Gasteiger partial charge in [0.05, 0.1) is 12.5 Å². The molecule has 0 fully saturated rings. The first-order valence-corrected chi connectivity index (χ1v) is 5.24. The summed E-state index contributed by atoms with van der Waals surface area (Å²) in [6, 6.07) is 2.00. The topological polar surface area (TPSA) is 25.2 Å². The molecule has 0 aliphatic rings. The Morgan fingerprint density at radius 3 is 2.64 bits per heavy atom. The number of rotatable bonds is 5. The normalized spacial score (nSPS) is 12.4. The van der Waals surface area contributed by atoms with E-state index < -0.39 is 0 Å². The Balaban J connectivity index is 2.28. The van der Waals surface area contributed by atoms with E-state index in [4.69, 9.17) is 4.42 Å². The molecule has 0 aromatic carbocycles. The molecule has 14 heavy (non-hydrogen) atoms. The number of hydrogen-bond donors (Lipinski definition) is 1. The third-order valence-corrected chi connectivity index (χ3v) is 3.05. The van der Waals surface area contributed by atoms with Crippen molar-refractivity contribution in [1.29, 1.82) is 0 Å². The van der Waals surface area contributed by atoms with Gasteiger partial charge in [-0.05, 0) is 17.4 Å². The minimum absolute atomic E-state index is 0.351. The standard InChI is InChI=1S/C12H21NO/c1-10(2)12(3,4)9-13-7-11-5-6-14-8-11/h5-6,8,10,13H,7,9H2,1-4H3. The maximum atomic E-state index is 5.00. The smallest absolute Gasteiger partial charge is 0.0947 e. The van der Waals surface area contributed by atoms with Gasteiger partial charge in [-0.2, -0.15) is 0 Å². The van der Waals surface area contributed by atoms with Gasteiger partial charge in [-0.1, -0.05) is 27.7 Å². The van der Waals surface area contributed by atoms with Crippen molar-refractivity contribution < 1.29 is 4.42 Å². The van der Waals surface area contributed by atoms with E-state index in [0.717, 1.165) is 13.1 Å². The minimum Gasteiger partial charge on any atom is -0.472 e. The van der Waals surface area contributed by atoms with Crippen LogP contribution in [0.5, 0.6) is 0 Å². The van der Waals surface area contributed by atoms with Crippen LogP contribution in [0, 0.1) is 11.3 Å². The van der Waals surface area contributed by atoms with Crippen LogP contribution in [-0.2, 0) is 6.54 Å². The van der Waals surface area contributed by atoms with Gasteiger partial charge in [-0.3, -0.25) is 0 Å². The van der Waals surface area contributed by atoms with Crippen molar-refractivity contribution in [3.63, 3.8) is 0 Å². The summed E-state index contributed by atoms with van der Waals surface area (Å²) in [6.07, 6.45) is 3.50. The van der Waals surface area contributed by atoms with Crippen LogP contribution in [0.15, 0.2) is 23.0 Å². The lowest BCUT2D eigenvalue weighted by Gasteiger charge is -2.29. The zero-order valence-corrected chi connectivity index (χ0v) is 9.63. The molecule has 2 heteroatoms. The van der Waals surface area contributed by atoms with Crippen LogP contribution in [0.4, 0.5) is 0 Å². The van der Waals surface area contributed by atoms with Crippen LogP contribution >= 0.6 is 0 Å². The van der Waals surface area contributed by atoms with Gasteiger partial charge in [-0.25, -0.2) is 0 Å². The SMILES string of the molecule is CC(C)C(C)(C)CNCc1ccoc1. The maximum Gasteiger partial charge on any atom is 0.0947 e. The highest BCUT2D eigenvalue weighted by Crippen LogP contribution is 2.24. The highest BCUT2D eigenvalue weighted by Gasteiger charge is 2.21. The van der Waals surface area contributed by atoms with Gasteiger partial charge in [0.25, 0.3) is 0 Å². The van der Waals surface area contributed by atoms with Crippen LogP contribution < -0.4 is 5.32 Å². The second-order valence-electron chi connectivity index (χ2n) is 4.88. The number of nitrogens with one attached hydrogen (secondary N) is 1. The summed E-state index contributed by atoms with van der Waals surface area (Å²) in [4.78, 5) is 0. The average molecular weight is 195 g/mol. The molecule has 0 unspecified atom stereocenters. The van der Waals surface area contributed by atoms with Crippen LogP contribution in [0.3, 0.4) is 0 Å². The van der Waals surface area contributed by atoms with Gasteiger partial charge in [-0.15, -0.1) is 0 Å². The predicted octanol–water partition coefficient (Wildman–Crippen LogP) is 3.05. The van der Waals surface area contributed by atoms with Gasteiger partial charge in [0.15, 0.2) is 0 Å². The fourth-order valence-electron chi connectivity index (χ4n) is 1.13. The molecular formula is C12H21NO. The first-order valence-electron chi connectivity index (χ1n) is 5.24. The Hall–Kier alpha value is -0.760. The number of furan rings is 1. The van der Waals surface area contributed by atoms with Crippen molar-refractivity contribution in [1.82, 2.24) is 5.32 Å². The van der Waals surface area contributed by atoms with Crippen LogP contribution in [0.1, 0.15) is 33.3 Å². The Labute approximate surface area is 86.7 Å². The summed E-state index contributed by atoms with van der Waals surface area (Å²) in [5, 5.41) is 3.45. The van der Waals surface area contributed by atoms with E-state index >= 15 is 0 Å². The predicted molar refractivity (Wildman–Crippen MR) is 59.0 cm³/mol. The van der Waals surface area contributed by atoms with E-state index in [-0.39, 0.29) is 0 Å². The van der Waals surface area contributed by atoms with Gasteiger partial charge in [0, 0.05) is 18.7 Å². The summed E-state index contributed by atoms with van der Waals surface area (Å²) in [5.41, 5.74) is 1.56. The van der Waals surface area contributed by atoms with Crippen molar-refractivity contribution >= 4 is 0 Å². The van der Waals surface area contributed by atoms with E-state index in [9.17, 15) is 0 Å². The largest absolute Gasteiger partial charge is 0.472 e. The summed E-state index contributed by atoms with van der Waals surface area (Å²) in [6.45, 7) is 11.0. The first-order chi connectivity index (χ1) is 6.52. The van der Waals surface area contributed by atoms with E-state index in [1.165, 1.54) is 5.56 Å². The van der Waals surface area contributed by atoms with Crippen LogP contribution in [0.25, 0.3) is 0 Å². The quantitative estimate of drug-likeness (QED) is 0.781. The Morgan fingerprint density at radius 1 is 1.43 bits per heavy atom. The third-order valence-electron chi connectivity index (χ3n) is 3.05. The Bertz CT molecular complexity index is 249. The fourth-order valence-corrected chi connectivity index (χ4v) is 1.13. The van der Waals surface area contributed by atoms with Crippen molar-refractivity contribution in [2.75, 3.05) is 6.54 Å². The Kier molecular flexibility index (Phi) is 3.76. The molecule has 80 valence electrons. The van der Waals surface area contributed by atoms with Crippen LogP contribution in [-0.4, -0.2) is 6.54 Å². The molecule has 1 rings (SSSR count). The molecule has 1 N–H and O–H groups in total. The Morgan fingerprint density at radius 2 is 2.14 bits per heavy atom. The highest BCUT2D eigenvalue weighted by atomic mass is 16.3. The molecule has 1 heterocycles. The molecule has 0 spiro atoms. The molecule has 0 bridgehead atoms. The summed E-state index contributed by atoms with van der Waals surface area (Å²) >= 11 is 0. The number of hydrogen-bond acceptors (Lipinski definition) is 2. The summed E-state index contributed by atoms with van der Waals surface area (Å²) in [5.74, 6) is 0.694. The fraction of sp³-hybridized carbons (Fsp3) is 0.667. The monoisotopic (exact) mass is 195 g/mol. The lowest BCUT2D eigenvalue weighted by atomic mass is 9.81. The lowest BCUT2D eigenvalue weighted by Crippen LogP contribution is -2.33. The molecule has 1 aromatic rings. The van der Waals surface area contributed by atoms with Gasteiger partial charge < -0.3 is 9.73 Å². The first kappa shape index (κ1) is 11.3. The van der Waals surface area contributed by atoms with E-state index in [1.54, 1.807) is 12.5 Å². The molecule has 0 radical (unpaired) electrons. The van der Waals surface area contributed by atoms with Crippen molar-refractivity contribution in [2.45, 2.75) is 34.2 Å². The van der Waals surface area contributed by atoms with Gasteiger partial charge >= 0.3 is 0 Å². The maximum absolute atomic E-state index is 5.00. The molecule has 0 aliphatic heterocycles. The molecular weight excluding hydrogens is 174 g/mol. The molecule has 1 aromatic heterocycles. The van der Waals surface area contributed by atoms with Crippen molar-refractivity contribution in [3.05, 3.63) is 24.2 Å². The zero-order valence-electron chi connectivity index (χ0n) is 9.63. The molecule has 0 atom stereocenters. The zero-order chi connectivity index (χ0) is 10.6. The van der Waals surface area contributed by atoms with E-state index in [2.05, 4.69) is 33.0 Å². The molecule has 0 amide bonds. The third kappa shape index (κ3) is 3.18. The van der Waals surface area contributed by atoms with Gasteiger partial charge in [0.2, 0.25) is 0 Å². The lowest BCUT2D eigenvalue weighted by molar-refractivity contribution is 0.238. The highest BCUT2D eigenvalue weighted by molar-refractivity contribution is 5.04. The van der Waals surface area contributed by atoms with Crippen molar-refractivity contribution in [2.24, 2.45) is 11.3 Å². The minimum atomic E-state index is 0.351. The second-order valence-corrected chi connectivity index (χ2v) is 4.88. The molecule has 0 aliphatic carbocycles. The summed E-state index contributed by atoms with van der Waals surface area (Å²) in [7, 11) is 0. The summed E-state index contributed by atoms with van der Waals surface area (Å²) < 4.78 is 5.00. The van der Waals surface area contributed by atoms with E-state index in [0.29, 0.717) is 11.3 Å². The van der Waals surface area contributed by atoms with Crippen molar-refractivity contribution in [3.8, 4) is 0 Å². The average Bonchev–Trinajstić information content (AvgIpc) is 2.56. The second kappa shape index (κ2) is 4.65. The van der Waals surface area contributed by atoms with Crippen LogP contribution in [0.2, 0.25) is 0 Å². The van der Waals surface area contributed by atoms with Gasteiger partial charge in [0.1, 0.15) is 0 Å².